The van der Waals surface area contributed by atoms with Gasteiger partial charge in [-0.2, -0.15) is 0 Å². The van der Waals surface area contributed by atoms with Gasteiger partial charge in [0.25, 0.3) is 0 Å². The molecule has 2 nitrogen and oxygen atoms in total. The molecule has 0 aliphatic carbocycles. The number of ether oxygens (including phenoxy) is 1. The van der Waals surface area contributed by atoms with Crippen LogP contribution in [0.25, 0.3) is 10.2 Å². The van der Waals surface area contributed by atoms with Gasteiger partial charge in [0.05, 0.1) is 15.2 Å². The summed E-state index contributed by atoms with van der Waals surface area (Å²) in [5, 5.41) is 1.81. The van der Waals surface area contributed by atoms with Crippen LogP contribution in [-0.4, -0.2) is 4.98 Å². The van der Waals surface area contributed by atoms with E-state index in [4.69, 9.17) is 16.3 Å². The average molecular weight is 290 g/mol. The highest BCUT2D eigenvalue weighted by molar-refractivity contribution is 7.18. The molecule has 1 aromatic heterocycles. The van der Waals surface area contributed by atoms with Crippen molar-refractivity contribution in [3.63, 3.8) is 0 Å². The third-order valence-corrected chi connectivity index (χ3v) is 3.97. The maximum atomic E-state index is 5.85. The minimum absolute atomic E-state index is 0.542. The number of nitrogens with zero attached hydrogens (tertiary/aromatic N) is 1. The minimum atomic E-state index is 0.542. The number of fused-ring (bicyclic) bond motifs is 1. The zero-order chi connectivity index (χ0) is 13.2. The van der Waals surface area contributed by atoms with E-state index in [2.05, 4.69) is 4.98 Å². The van der Waals surface area contributed by atoms with Crippen LogP contribution in [0.2, 0.25) is 5.02 Å². The Labute approximate surface area is 120 Å². The van der Waals surface area contributed by atoms with E-state index in [0.29, 0.717) is 6.61 Å². The Balaban J connectivity index is 1.75. The maximum absolute atomic E-state index is 5.85. The Bertz CT molecular complexity index is 706. The van der Waals surface area contributed by atoms with Crippen LogP contribution in [0.3, 0.4) is 0 Å². The van der Waals surface area contributed by atoms with Gasteiger partial charge in [0.15, 0.2) is 0 Å². The van der Waals surface area contributed by atoms with Crippen LogP contribution in [0.15, 0.2) is 42.5 Å². The number of halogens is 1. The summed E-state index contributed by atoms with van der Waals surface area (Å²) in [4.78, 5) is 4.43. The molecule has 0 aliphatic rings. The highest BCUT2D eigenvalue weighted by Crippen LogP contribution is 2.26. The van der Waals surface area contributed by atoms with Crippen molar-refractivity contribution in [2.75, 3.05) is 0 Å². The lowest BCUT2D eigenvalue weighted by Gasteiger charge is -2.06. The molecule has 0 saturated heterocycles. The Morgan fingerprint density at radius 3 is 2.74 bits per heavy atom. The van der Waals surface area contributed by atoms with Crippen molar-refractivity contribution in [1.29, 1.82) is 0 Å². The SMILES string of the molecule is Cc1nc2ccc(OCc3ccc(Cl)cc3)cc2s1. The molecule has 19 heavy (non-hydrogen) atoms. The first-order chi connectivity index (χ1) is 9.20. The summed E-state index contributed by atoms with van der Waals surface area (Å²) in [6, 6.07) is 13.7. The van der Waals surface area contributed by atoms with E-state index in [1.54, 1.807) is 11.3 Å². The van der Waals surface area contributed by atoms with E-state index in [1.165, 1.54) is 0 Å². The second-order valence-electron chi connectivity index (χ2n) is 4.28. The monoisotopic (exact) mass is 289 g/mol. The molecule has 0 amide bonds. The number of aromatic nitrogens is 1. The van der Waals surface area contributed by atoms with Gasteiger partial charge in [-0.1, -0.05) is 23.7 Å². The van der Waals surface area contributed by atoms with Crippen molar-refractivity contribution in [1.82, 2.24) is 4.98 Å². The molecule has 1 heterocycles. The van der Waals surface area contributed by atoms with Crippen LogP contribution in [0.5, 0.6) is 5.75 Å². The van der Waals surface area contributed by atoms with Gasteiger partial charge in [0.2, 0.25) is 0 Å². The van der Waals surface area contributed by atoms with E-state index >= 15 is 0 Å². The fraction of sp³-hybridized carbons (Fsp3) is 0.133. The molecule has 0 aliphatic heterocycles. The van der Waals surface area contributed by atoms with Crippen molar-refractivity contribution in [2.24, 2.45) is 0 Å². The first kappa shape index (κ1) is 12.5. The van der Waals surface area contributed by atoms with E-state index in [-0.39, 0.29) is 0 Å². The average Bonchev–Trinajstić information content (AvgIpc) is 2.77. The zero-order valence-electron chi connectivity index (χ0n) is 10.4. The number of hydrogen-bond acceptors (Lipinski definition) is 3. The van der Waals surface area contributed by atoms with Crippen LogP contribution < -0.4 is 4.74 Å². The predicted octanol–water partition coefficient (Wildman–Crippen LogP) is 4.84. The van der Waals surface area contributed by atoms with Crippen LogP contribution >= 0.6 is 22.9 Å². The lowest BCUT2D eigenvalue weighted by Crippen LogP contribution is -1.94. The lowest BCUT2D eigenvalue weighted by molar-refractivity contribution is 0.306. The fourth-order valence-electron chi connectivity index (χ4n) is 1.86. The molecule has 0 N–H and O–H groups in total. The van der Waals surface area contributed by atoms with Gasteiger partial charge in [-0.25, -0.2) is 4.98 Å². The van der Waals surface area contributed by atoms with Crippen LogP contribution in [0.1, 0.15) is 10.6 Å². The first-order valence-electron chi connectivity index (χ1n) is 5.95. The molecular formula is C15H12ClNOS. The second-order valence-corrected chi connectivity index (χ2v) is 5.95. The molecule has 0 fully saturated rings. The molecule has 0 spiro atoms. The molecule has 3 aromatic rings. The molecule has 0 radical (unpaired) electrons. The predicted molar refractivity (Wildman–Crippen MR) is 80.1 cm³/mol. The number of aryl methyl sites for hydroxylation is 1. The van der Waals surface area contributed by atoms with E-state index in [1.807, 2.05) is 49.4 Å². The van der Waals surface area contributed by atoms with Gasteiger partial charge in [0.1, 0.15) is 12.4 Å². The van der Waals surface area contributed by atoms with Gasteiger partial charge >= 0.3 is 0 Å². The summed E-state index contributed by atoms with van der Waals surface area (Å²) in [6.07, 6.45) is 0. The highest BCUT2D eigenvalue weighted by Gasteiger charge is 2.02. The third kappa shape index (κ3) is 2.88. The topological polar surface area (TPSA) is 22.1 Å². The largest absolute Gasteiger partial charge is 0.489 e. The van der Waals surface area contributed by atoms with Crippen molar-refractivity contribution in [3.8, 4) is 5.75 Å². The van der Waals surface area contributed by atoms with Crippen molar-refractivity contribution in [2.45, 2.75) is 13.5 Å². The molecule has 0 bridgehead atoms. The molecule has 4 heteroatoms. The first-order valence-corrected chi connectivity index (χ1v) is 7.14. The fourth-order valence-corrected chi connectivity index (χ4v) is 2.84. The van der Waals surface area contributed by atoms with E-state index in [9.17, 15) is 0 Å². The number of benzene rings is 2. The summed E-state index contributed by atoms with van der Waals surface area (Å²) in [5.74, 6) is 0.867. The summed E-state index contributed by atoms with van der Waals surface area (Å²) in [7, 11) is 0. The van der Waals surface area contributed by atoms with Crippen molar-refractivity contribution in [3.05, 3.63) is 58.1 Å². The summed E-state index contributed by atoms with van der Waals surface area (Å²) < 4.78 is 6.94. The highest BCUT2D eigenvalue weighted by atomic mass is 35.5. The number of thiazole rings is 1. The van der Waals surface area contributed by atoms with E-state index in [0.717, 1.165) is 31.6 Å². The van der Waals surface area contributed by atoms with Crippen molar-refractivity contribution < 1.29 is 4.74 Å². The number of hydrogen-bond donors (Lipinski definition) is 0. The Hall–Kier alpha value is -1.58. The quantitative estimate of drug-likeness (QED) is 0.688. The summed E-state index contributed by atoms with van der Waals surface area (Å²) >= 11 is 7.53. The Morgan fingerprint density at radius 2 is 1.95 bits per heavy atom. The molecule has 0 unspecified atom stereocenters. The molecule has 96 valence electrons. The molecule has 3 rings (SSSR count). The Kier molecular flexibility index (Phi) is 3.40. The van der Waals surface area contributed by atoms with Crippen LogP contribution in [0.4, 0.5) is 0 Å². The second kappa shape index (κ2) is 5.19. The zero-order valence-corrected chi connectivity index (χ0v) is 12.0. The smallest absolute Gasteiger partial charge is 0.121 e. The summed E-state index contributed by atoms with van der Waals surface area (Å²) in [6.45, 7) is 2.55. The molecular weight excluding hydrogens is 278 g/mol. The van der Waals surface area contributed by atoms with Crippen LogP contribution in [0, 0.1) is 6.92 Å². The Morgan fingerprint density at radius 1 is 1.16 bits per heavy atom. The summed E-state index contributed by atoms with van der Waals surface area (Å²) in [5.41, 5.74) is 2.13. The molecule has 2 aromatic carbocycles. The normalized spacial score (nSPS) is 10.8. The van der Waals surface area contributed by atoms with E-state index < -0.39 is 0 Å². The standard InChI is InChI=1S/C15H12ClNOS/c1-10-17-14-7-6-13(8-15(14)19-10)18-9-11-2-4-12(16)5-3-11/h2-8H,9H2,1H3. The van der Waals surface area contributed by atoms with Crippen LogP contribution in [-0.2, 0) is 6.61 Å². The number of rotatable bonds is 3. The van der Waals surface area contributed by atoms with Gasteiger partial charge < -0.3 is 4.74 Å². The lowest BCUT2D eigenvalue weighted by atomic mass is 10.2. The third-order valence-electron chi connectivity index (χ3n) is 2.79. The minimum Gasteiger partial charge on any atom is -0.489 e. The van der Waals surface area contributed by atoms with Crippen molar-refractivity contribution >= 4 is 33.2 Å². The van der Waals surface area contributed by atoms with Gasteiger partial charge in [-0.05, 0) is 42.8 Å². The maximum Gasteiger partial charge on any atom is 0.121 e. The van der Waals surface area contributed by atoms with Gasteiger partial charge in [-0.3, -0.25) is 0 Å². The molecule has 0 atom stereocenters. The van der Waals surface area contributed by atoms with Gasteiger partial charge in [-0.15, -0.1) is 11.3 Å². The van der Waals surface area contributed by atoms with Gasteiger partial charge in [0, 0.05) is 5.02 Å². The molecule has 0 saturated carbocycles.